The number of hydrogen-bond acceptors (Lipinski definition) is 6. The average molecular weight is 299 g/mol. The number of hydrogen-bond donors (Lipinski definition) is 3. The van der Waals surface area contributed by atoms with E-state index in [-0.39, 0.29) is 0 Å². The summed E-state index contributed by atoms with van der Waals surface area (Å²) in [5.41, 5.74) is -1.21. The van der Waals surface area contributed by atoms with Crippen molar-refractivity contribution in [3.63, 3.8) is 0 Å². The number of nitrogens with one attached hydrogen (secondary N) is 1. The summed E-state index contributed by atoms with van der Waals surface area (Å²) in [5, 5.41) is 21.3. The second-order valence-electron chi connectivity index (χ2n) is 4.50. The minimum atomic E-state index is -2.02. The van der Waals surface area contributed by atoms with Crippen LogP contribution in [0.15, 0.2) is 5.03 Å². The molecule has 1 unspecified atom stereocenters. The van der Waals surface area contributed by atoms with E-state index in [9.17, 15) is 14.7 Å². The van der Waals surface area contributed by atoms with Crippen molar-refractivity contribution in [1.29, 1.82) is 0 Å². The Hall–Kier alpha value is -1.67. The number of carbonyl (C=O) groups is 2. The van der Waals surface area contributed by atoms with E-state index in [2.05, 4.69) is 15.3 Å². The van der Waals surface area contributed by atoms with Gasteiger partial charge in [-0.2, -0.15) is 0 Å². The zero-order valence-electron chi connectivity index (χ0n) is 11.7. The van der Waals surface area contributed by atoms with Crippen molar-refractivity contribution in [2.45, 2.75) is 31.4 Å². The molecule has 1 rings (SSSR count). The second kappa shape index (κ2) is 6.19. The Labute approximate surface area is 120 Å². The minimum Gasteiger partial charge on any atom is -0.479 e. The third-order valence-corrected chi connectivity index (χ3v) is 3.32. The molecule has 110 valence electrons. The van der Waals surface area contributed by atoms with Crippen molar-refractivity contribution < 1.29 is 19.8 Å². The maximum absolute atomic E-state index is 12.1. The first-order valence-electron chi connectivity index (χ1n) is 5.82. The maximum atomic E-state index is 12.1. The Morgan fingerprint density at radius 1 is 1.35 bits per heavy atom. The van der Waals surface area contributed by atoms with Gasteiger partial charge in [0.05, 0.1) is 17.8 Å². The number of thioether (sulfide) groups is 1. The molecule has 0 spiro atoms. The molecule has 1 aromatic heterocycles. The van der Waals surface area contributed by atoms with Gasteiger partial charge in [0.25, 0.3) is 5.91 Å². The molecule has 8 heteroatoms. The molecule has 0 aliphatic carbocycles. The van der Waals surface area contributed by atoms with Crippen LogP contribution in [0.25, 0.3) is 0 Å². The van der Waals surface area contributed by atoms with Crippen LogP contribution in [0.1, 0.15) is 28.8 Å². The van der Waals surface area contributed by atoms with Crippen LogP contribution in [0.3, 0.4) is 0 Å². The third-order valence-electron chi connectivity index (χ3n) is 2.64. The van der Waals surface area contributed by atoms with Crippen molar-refractivity contribution in [1.82, 2.24) is 15.3 Å². The molecule has 3 N–H and O–H groups in total. The van der Waals surface area contributed by atoms with Crippen molar-refractivity contribution >= 4 is 23.6 Å². The lowest BCUT2D eigenvalue weighted by atomic mass is 10.1. The van der Waals surface area contributed by atoms with Crippen LogP contribution in [-0.2, 0) is 4.79 Å². The van der Waals surface area contributed by atoms with Crippen molar-refractivity contribution in [3.05, 3.63) is 17.1 Å². The van der Waals surface area contributed by atoms with Gasteiger partial charge in [-0.3, -0.25) is 4.79 Å². The first-order valence-corrected chi connectivity index (χ1v) is 7.04. The molecule has 0 aliphatic heterocycles. The van der Waals surface area contributed by atoms with E-state index < -0.39 is 24.0 Å². The third kappa shape index (κ3) is 3.67. The molecule has 0 fully saturated rings. The molecule has 1 atom stereocenters. The normalized spacial score (nSPS) is 13.7. The molecule has 1 heterocycles. The van der Waals surface area contributed by atoms with Gasteiger partial charge < -0.3 is 15.5 Å². The van der Waals surface area contributed by atoms with Crippen LogP contribution < -0.4 is 5.32 Å². The van der Waals surface area contributed by atoms with Gasteiger partial charge in [0.2, 0.25) is 0 Å². The lowest BCUT2D eigenvalue weighted by Gasteiger charge is -2.19. The summed E-state index contributed by atoms with van der Waals surface area (Å²) in [6.45, 7) is 4.12. The van der Waals surface area contributed by atoms with Gasteiger partial charge in [-0.05, 0) is 27.0 Å². The van der Waals surface area contributed by atoms with Crippen LogP contribution >= 0.6 is 11.8 Å². The number of aryl methyl sites for hydroxylation is 2. The Kier molecular flexibility index (Phi) is 5.07. The summed E-state index contributed by atoms with van der Waals surface area (Å²) in [7, 11) is 0. The number of aliphatic hydroxyl groups is 1. The van der Waals surface area contributed by atoms with Crippen LogP contribution in [0.5, 0.6) is 0 Å². The largest absolute Gasteiger partial charge is 0.479 e. The van der Waals surface area contributed by atoms with Gasteiger partial charge in [0.1, 0.15) is 10.9 Å². The van der Waals surface area contributed by atoms with Gasteiger partial charge in [-0.25, -0.2) is 14.8 Å². The zero-order chi connectivity index (χ0) is 15.5. The number of amides is 1. The maximum Gasteiger partial charge on any atom is 0.337 e. The number of rotatable bonds is 5. The summed E-state index contributed by atoms with van der Waals surface area (Å²) >= 11 is 1.30. The molecule has 0 saturated carbocycles. The Morgan fingerprint density at radius 3 is 2.45 bits per heavy atom. The monoisotopic (exact) mass is 299 g/mol. The number of carbonyl (C=O) groups excluding carboxylic acids is 1. The lowest BCUT2D eigenvalue weighted by Crippen LogP contribution is -2.46. The van der Waals surface area contributed by atoms with Crippen molar-refractivity contribution in [2.24, 2.45) is 0 Å². The Balaban J connectivity index is 2.96. The Bertz CT molecular complexity index is 546. The van der Waals surface area contributed by atoms with E-state index in [0.717, 1.165) is 6.92 Å². The number of aromatic nitrogens is 2. The highest BCUT2D eigenvalue weighted by molar-refractivity contribution is 7.98. The smallest absolute Gasteiger partial charge is 0.337 e. The van der Waals surface area contributed by atoms with Gasteiger partial charge in [-0.15, -0.1) is 11.8 Å². The number of aliphatic carboxylic acids is 1. The quantitative estimate of drug-likeness (QED) is 0.532. The number of carboxylic acid groups (broad SMARTS) is 1. The molecule has 1 amide bonds. The van der Waals surface area contributed by atoms with Crippen LogP contribution in [-0.4, -0.2) is 50.5 Å². The summed E-state index contributed by atoms with van der Waals surface area (Å²) in [6.07, 6.45) is 1.78. The van der Waals surface area contributed by atoms with Crippen LogP contribution in [0.2, 0.25) is 0 Å². The van der Waals surface area contributed by atoms with E-state index in [1.807, 2.05) is 0 Å². The van der Waals surface area contributed by atoms with E-state index in [4.69, 9.17) is 5.11 Å². The molecule has 0 bridgehead atoms. The topological polar surface area (TPSA) is 112 Å². The molecular formula is C12H17N3O4S. The SMILES string of the molecule is CSc1nc(C)nc(C)c1C(=O)NCC(C)(O)C(=O)O. The first kappa shape index (κ1) is 16.4. The van der Waals surface area contributed by atoms with E-state index in [0.29, 0.717) is 22.1 Å². The number of nitrogens with zero attached hydrogens (tertiary/aromatic N) is 2. The van der Waals surface area contributed by atoms with Gasteiger partial charge in [0, 0.05) is 0 Å². The zero-order valence-corrected chi connectivity index (χ0v) is 12.5. The number of carboxylic acids is 1. The first-order chi connectivity index (χ1) is 9.19. The summed E-state index contributed by atoms with van der Waals surface area (Å²) in [6, 6.07) is 0. The highest BCUT2D eigenvalue weighted by Gasteiger charge is 2.31. The summed E-state index contributed by atoms with van der Waals surface area (Å²) in [5.74, 6) is -1.35. The standard InChI is InChI=1S/C12H17N3O4S/c1-6-8(10(20-4)15-7(2)14-6)9(16)13-5-12(3,19)11(17)18/h19H,5H2,1-4H3,(H,13,16)(H,17,18). The molecule has 0 radical (unpaired) electrons. The van der Waals surface area contributed by atoms with Crippen LogP contribution in [0.4, 0.5) is 0 Å². The van der Waals surface area contributed by atoms with Crippen molar-refractivity contribution in [2.75, 3.05) is 12.8 Å². The summed E-state index contributed by atoms with van der Waals surface area (Å²) < 4.78 is 0. The fraction of sp³-hybridized carbons (Fsp3) is 0.500. The molecule has 0 aliphatic rings. The van der Waals surface area contributed by atoms with Crippen molar-refractivity contribution in [3.8, 4) is 0 Å². The highest BCUT2D eigenvalue weighted by atomic mass is 32.2. The molecule has 0 aromatic carbocycles. The molecular weight excluding hydrogens is 282 g/mol. The van der Waals surface area contributed by atoms with E-state index in [1.165, 1.54) is 11.8 Å². The Morgan fingerprint density at radius 2 is 1.95 bits per heavy atom. The minimum absolute atomic E-state index is 0.296. The highest BCUT2D eigenvalue weighted by Crippen LogP contribution is 2.20. The predicted molar refractivity (Wildman–Crippen MR) is 73.9 cm³/mol. The molecule has 1 aromatic rings. The molecule has 0 saturated heterocycles. The predicted octanol–water partition coefficient (Wildman–Crippen LogP) is 0.381. The fourth-order valence-corrected chi connectivity index (χ4v) is 2.17. The van der Waals surface area contributed by atoms with Gasteiger partial charge in [0.15, 0.2) is 5.60 Å². The molecule has 20 heavy (non-hydrogen) atoms. The van der Waals surface area contributed by atoms with Gasteiger partial charge >= 0.3 is 5.97 Å². The average Bonchev–Trinajstić information content (AvgIpc) is 2.34. The second-order valence-corrected chi connectivity index (χ2v) is 5.30. The lowest BCUT2D eigenvalue weighted by molar-refractivity contribution is -0.155. The van der Waals surface area contributed by atoms with E-state index >= 15 is 0 Å². The fourth-order valence-electron chi connectivity index (χ4n) is 1.51. The van der Waals surface area contributed by atoms with Crippen LogP contribution in [0, 0.1) is 13.8 Å². The van der Waals surface area contributed by atoms with Gasteiger partial charge in [-0.1, -0.05) is 0 Å². The molecule has 7 nitrogen and oxygen atoms in total. The van der Waals surface area contributed by atoms with E-state index in [1.54, 1.807) is 20.1 Å². The summed E-state index contributed by atoms with van der Waals surface area (Å²) in [4.78, 5) is 31.2.